The summed E-state index contributed by atoms with van der Waals surface area (Å²) < 4.78 is 42.1. The third-order valence-corrected chi connectivity index (χ3v) is 16.5. The molecule has 3 atom stereocenters. The standard InChI is InChI=1S/C47H60ClN7O7S/c1-47(2)12-8-32(40(26-47)39-25-41(48)34-20-33(39)21-34)28-53-16-18-54(19-17-53)35-4-6-38(44(23-35)62-36-22-31-9-13-49-45(31)50-27-36)46(56)51-63(59,60)37-5-7-43(42(24-37)55(57)58)61-29-30-10-14-52(3)15-11-30/h4-7,9,13,22-24,27,30,33-34,39,41,46,51,56H,8,10-12,14-21,25-26,28-29H2,1-3H3,(H,49,50)/t33?,34?,39-,41?,46?/m1/s1. The van der Waals surface area contributed by atoms with Gasteiger partial charge in [0, 0.05) is 73.1 Å². The maximum Gasteiger partial charge on any atom is 0.312 e. The number of anilines is 1. The van der Waals surface area contributed by atoms with Crippen molar-refractivity contribution < 1.29 is 27.9 Å². The van der Waals surface area contributed by atoms with E-state index < -0.39 is 26.9 Å². The molecule has 2 saturated heterocycles. The number of hydrogen-bond donors (Lipinski definition) is 3. The summed E-state index contributed by atoms with van der Waals surface area (Å²) in [5, 5.41) is 24.8. The number of nitro benzene ring substituents is 1. The molecule has 4 aliphatic carbocycles. The predicted octanol–water partition coefficient (Wildman–Crippen LogP) is 8.24. The first kappa shape index (κ1) is 44.0. The number of piperazine rings is 1. The minimum absolute atomic E-state index is 0.000896. The molecule has 2 unspecified atom stereocenters. The van der Waals surface area contributed by atoms with Crippen molar-refractivity contribution in [2.24, 2.45) is 29.1 Å². The molecule has 2 bridgehead atoms. The first-order valence-corrected chi connectivity index (χ1v) is 24.5. The number of pyridine rings is 1. The summed E-state index contributed by atoms with van der Waals surface area (Å²) in [4.78, 5) is 25.7. The number of allylic oxidation sites excluding steroid dienone is 1. The quantitative estimate of drug-likeness (QED) is 0.0367. The van der Waals surface area contributed by atoms with E-state index >= 15 is 0 Å². The normalized spacial score (nSPS) is 25.2. The molecule has 4 heterocycles. The van der Waals surface area contributed by atoms with Crippen LogP contribution in [-0.2, 0) is 10.0 Å². The Labute approximate surface area is 375 Å². The van der Waals surface area contributed by atoms with Crippen molar-refractivity contribution in [3.63, 3.8) is 0 Å². The van der Waals surface area contributed by atoms with Crippen LogP contribution in [0.3, 0.4) is 0 Å². The number of nitrogens with one attached hydrogen (secondary N) is 2. The Morgan fingerprint density at radius 1 is 1.02 bits per heavy atom. The Balaban J connectivity index is 0.914. The summed E-state index contributed by atoms with van der Waals surface area (Å²) in [5.41, 5.74) is 4.91. The van der Waals surface area contributed by atoms with Gasteiger partial charge in [0.15, 0.2) is 5.75 Å². The van der Waals surface area contributed by atoms with Crippen LogP contribution in [0.15, 0.2) is 77.0 Å². The number of nitrogens with zero attached hydrogens (tertiary/aromatic N) is 5. The fourth-order valence-electron chi connectivity index (χ4n) is 10.6. The number of rotatable bonds is 14. The molecule has 2 aliphatic heterocycles. The molecule has 3 N–H and O–H groups in total. The highest BCUT2D eigenvalue weighted by atomic mass is 35.5. The maximum absolute atomic E-state index is 13.8. The average Bonchev–Trinajstić information content (AvgIpc) is 3.71. The van der Waals surface area contributed by atoms with Gasteiger partial charge < -0.3 is 29.4 Å². The highest BCUT2D eigenvalue weighted by Crippen LogP contribution is 2.56. The lowest BCUT2D eigenvalue weighted by molar-refractivity contribution is -0.386. The van der Waals surface area contributed by atoms with E-state index in [1.165, 1.54) is 37.8 Å². The van der Waals surface area contributed by atoms with Crippen LogP contribution in [0.5, 0.6) is 17.2 Å². The number of sulfonamides is 1. The number of alkyl halides is 1. The second-order valence-corrected chi connectivity index (χ2v) is 21.7. The molecule has 2 aromatic heterocycles. The van der Waals surface area contributed by atoms with Gasteiger partial charge in [-0.3, -0.25) is 15.0 Å². The first-order valence-electron chi connectivity index (χ1n) is 22.6. The van der Waals surface area contributed by atoms with E-state index in [0.29, 0.717) is 40.6 Å². The lowest BCUT2D eigenvalue weighted by Gasteiger charge is -2.52. The van der Waals surface area contributed by atoms with Crippen LogP contribution in [0, 0.1) is 39.2 Å². The molecule has 5 fully saturated rings. The van der Waals surface area contributed by atoms with Crippen molar-refractivity contribution in [1.29, 1.82) is 0 Å². The van der Waals surface area contributed by atoms with Gasteiger partial charge in [-0.15, -0.1) is 11.6 Å². The van der Waals surface area contributed by atoms with Gasteiger partial charge in [-0.25, -0.2) is 13.4 Å². The predicted molar refractivity (Wildman–Crippen MR) is 244 cm³/mol. The number of halogens is 1. The number of fused-ring (bicyclic) bond motifs is 3. The molecule has 2 aromatic carbocycles. The summed E-state index contributed by atoms with van der Waals surface area (Å²) in [6.45, 7) is 11.3. The number of aromatic amines is 1. The van der Waals surface area contributed by atoms with E-state index in [1.807, 2.05) is 24.3 Å². The number of nitro groups is 1. The molecule has 63 heavy (non-hydrogen) atoms. The highest BCUT2D eigenvalue weighted by Gasteiger charge is 2.48. The fourth-order valence-corrected chi connectivity index (χ4v) is 12.0. The van der Waals surface area contributed by atoms with Crippen molar-refractivity contribution in [1.82, 2.24) is 24.5 Å². The van der Waals surface area contributed by atoms with Gasteiger partial charge in [0.25, 0.3) is 0 Å². The number of likely N-dealkylation sites (tertiary alicyclic amines) is 1. The summed E-state index contributed by atoms with van der Waals surface area (Å²) >= 11 is 6.89. The van der Waals surface area contributed by atoms with Gasteiger partial charge >= 0.3 is 5.69 Å². The zero-order chi connectivity index (χ0) is 44.0. The van der Waals surface area contributed by atoms with Crippen LogP contribution in [-0.4, -0.2) is 103 Å². The molecule has 6 aliphatic rings. The summed E-state index contributed by atoms with van der Waals surface area (Å²) in [5.74, 6) is 3.02. The van der Waals surface area contributed by atoms with Crippen LogP contribution < -0.4 is 19.1 Å². The van der Waals surface area contributed by atoms with E-state index in [1.54, 1.807) is 29.6 Å². The minimum Gasteiger partial charge on any atom is -0.487 e. The van der Waals surface area contributed by atoms with Gasteiger partial charge in [-0.2, -0.15) is 4.72 Å². The van der Waals surface area contributed by atoms with Crippen molar-refractivity contribution in [3.8, 4) is 17.2 Å². The Kier molecular flexibility index (Phi) is 12.5. The van der Waals surface area contributed by atoms with Crippen LogP contribution in [0.4, 0.5) is 11.4 Å². The van der Waals surface area contributed by atoms with Crippen molar-refractivity contribution in [2.75, 3.05) is 64.4 Å². The minimum atomic E-state index is -4.47. The summed E-state index contributed by atoms with van der Waals surface area (Å²) in [6, 6.07) is 12.6. The van der Waals surface area contributed by atoms with E-state index in [9.17, 15) is 23.6 Å². The Hall–Kier alpha value is -4.25. The SMILES string of the molecule is CN1CCC(COc2ccc(S(=O)(=O)NC(O)c3ccc(N4CCN(CC5=C([C@@H]6CC(Cl)C7CC6C7)CC(C)(C)CC5)CC4)cc3Oc3cnc4[nH]ccc4c3)cc2[N+](=O)[O-])CC1. The molecule has 0 spiro atoms. The molecule has 338 valence electrons. The molecule has 16 heteroatoms. The smallest absolute Gasteiger partial charge is 0.312 e. The number of H-pyrrole nitrogens is 1. The number of benzene rings is 2. The Morgan fingerprint density at radius 2 is 1.79 bits per heavy atom. The summed E-state index contributed by atoms with van der Waals surface area (Å²) in [6.07, 6.45) is 10.6. The monoisotopic (exact) mass is 901 g/mol. The molecule has 0 amide bonds. The second kappa shape index (κ2) is 18.0. The zero-order valence-electron chi connectivity index (χ0n) is 36.5. The van der Waals surface area contributed by atoms with Crippen LogP contribution in [0.2, 0.25) is 0 Å². The van der Waals surface area contributed by atoms with Gasteiger partial charge in [-0.1, -0.05) is 25.0 Å². The van der Waals surface area contributed by atoms with E-state index in [-0.39, 0.29) is 27.9 Å². The van der Waals surface area contributed by atoms with Gasteiger partial charge in [0.2, 0.25) is 10.0 Å². The highest BCUT2D eigenvalue weighted by molar-refractivity contribution is 7.89. The van der Waals surface area contributed by atoms with Crippen LogP contribution >= 0.6 is 11.6 Å². The average molecular weight is 903 g/mol. The second-order valence-electron chi connectivity index (χ2n) is 19.5. The van der Waals surface area contributed by atoms with Gasteiger partial charge in [0.1, 0.15) is 23.4 Å². The molecular weight excluding hydrogens is 842 g/mol. The molecular formula is C47H60ClN7O7S. The fraction of sp³-hybridized carbons (Fsp3) is 0.553. The van der Waals surface area contributed by atoms with Crippen LogP contribution in [0.1, 0.15) is 77.0 Å². The van der Waals surface area contributed by atoms with Crippen molar-refractivity contribution >= 4 is 44.0 Å². The number of aliphatic hydroxyl groups is 1. The molecule has 3 saturated carbocycles. The van der Waals surface area contributed by atoms with E-state index in [0.717, 1.165) is 94.6 Å². The van der Waals surface area contributed by atoms with E-state index in [2.05, 4.69) is 50.3 Å². The molecule has 4 aromatic rings. The number of ether oxygens (including phenoxy) is 2. The topological polar surface area (TPSA) is 166 Å². The summed E-state index contributed by atoms with van der Waals surface area (Å²) in [7, 11) is -2.41. The van der Waals surface area contributed by atoms with E-state index in [4.69, 9.17) is 21.1 Å². The number of aromatic nitrogens is 2. The number of piperidine rings is 1. The molecule has 10 rings (SSSR count). The lowest BCUT2D eigenvalue weighted by Crippen LogP contribution is -2.48. The molecule has 0 radical (unpaired) electrons. The molecule has 14 nitrogen and oxygen atoms in total. The Bertz CT molecular complexity index is 2460. The third-order valence-electron chi connectivity index (χ3n) is 14.5. The largest absolute Gasteiger partial charge is 0.487 e. The number of hydrogen-bond acceptors (Lipinski definition) is 11. The maximum atomic E-state index is 13.8. The lowest BCUT2D eigenvalue weighted by atomic mass is 9.55. The number of aliphatic hydroxyl groups excluding tert-OH is 1. The van der Waals surface area contributed by atoms with Gasteiger partial charge in [-0.05, 0) is 137 Å². The zero-order valence-corrected chi connectivity index (χ0v) is 38.0. The van der Waals surface area contributed by atoms with Gasteiger partial charge in [0.05, 0.1) is 22.6 Å². The Morgan fingerprint density at radius 3 is 2.54 bits per heavy atom. The van der Waals surface area contributed by atoms with Crippen LogP contribution in [0.25, 0.3) is 11.0 Å². The van der Waals surface area contributed by atoms with Crippen molar-refractivity contribution in [3.05, 3.63) is 87.7 Å². The first-order chi connectivity index (χ1) is 30.2. The van der Waals surface area contributed by atoms with Crippen molar-refractivity contribution in [2.45, 2.75) is 81.7 Å². The third kappa shape index (κ3) is 9.74.